The molecule has 1 fully saturated rings. The first-order chi connectivity index (χ1) is 12.1. The van der Waals surface area contributed by atoms with Crippen molar-refractivity contribution in [3.63, 3.8) is 0 Å². The second-order valence-electron chi connectivity index (χ2n) is 9.87. The largest absolute Gasteiger partial charge is 0.409 e. The molecule has 0 bridgehead atoms. The monoisotopic (exact) mass is 434 g/mol. The molecule has 0 radical (unpaired) electrons. The van der Waals surface area contributed by atoms with Gasteiger partial charge in [-0.3, -0.25) is 0 Å². The summed E-state index contributed by atoms with van der Waals surface area (Å²) >= 11 is 0. The molecule has 0 aromatic carbocycles. The van der Waals surface area contributed by atoms with Gasteiger partial charge in [0.15, 0.2) is 31.2 Å². The Kier molecular flexibility index (Phi) is 8.94. The lowest BCUT2D eigenvalue weighted by Gasteiger charge is -2.49. The summed E-state index contributed by atoms with van der Waals surface area (Å²) in [6.07, 6.45) is 2.33. The number of hydrogen-bond acceptors (Lipinski definition) is 6. The van der Waals surface area contributed by atoms with Crippen molar-refractivity contribution in [1.82, 2.24) is 0 Å². The van der Waals surface area contributed by atoms with Gasteiger partial charge in [-0.15, -0.1) is 6.42 Å². The van der Waals surface area contributed by atoms with E-state index in [1.54, 1.807) is 0 Å². The topological polar surface area (TPSA) is 66.4 Å². The molecule has 6 nitrogen and oxygen atoms in total. The third kappa shape index (κ3) is 9.34. The van der Waals surface area contributed by atoms with Gasteiger partial charge in [0.1, 0.15) is 31.0 Å². The van der Waals surface area contributed by atoms with Crippen LogP contribution in [0.2, 0.25) is 58.9 Å². The zero-order chi connectivity index (χ0) is 21.0. The average Bonchev–Trinajstić information content (AvgIpc) is 2.43. The van der Waals surface area contributed by atoms with Gasteiger partial charge in [0, 0.05) is 0 Å². The van der Waals surface area contributed by atoms with Crippen molar-refractivity contribution >= 4 is 25.0 Å². The Balaban J connectivity index is 3.22. The normalized spacial score (nSPS) is 30.2. The molecule has 0 saturated carbocycles. The van der Waals surface area contributed by atoms with Crippen molar-refractivity contribution in [3.8, 4) is 12.3 Å². The maximum Gasteiger partial charge on any atom is 0.184 e. The van der Waals surface area contributed by atoms with Gasteiger partial charge >= 0.3 is 0 Å². The minimum Gasteiger partial charge on any atom is -0.409 e. The van der Waals surface area contributed by atoms with E-state index in [9.17, 15) is 5.11 Å². The highest BCUT2D eigenvalue weighted by Crippen LogP contribution is 2.32. The summed E-state index contributed by atoms with van der Waals surface area (Å²) in [4.78, 5) is 0. The van der Waals surface area contributed by atoms with E-state index in [2.05, 4.69) is 64.8 Å². The summed E-state index contributed by atoms with van der Waals surface area (Å²) in [5.74, 6) is 2.45. The van der Waals surface area contributed by atoms with Crippen LogP contribution in [0.3, 0.4) is 0 Å². The third-order valence-electron chi connectivity index (χ3n) is 3.55. The van der Waals surface area contributed by atoms with E-state index in [1.165, 1.54) is 0 Å². The molecule has 9 heteroatoms. The minimum absolute atomic E-state index is 0.185. The molecule has 0 aromatic rings. The number of aliphatic hydroxyl groups excluding tert-OH is 1. The van der Waals surface area contributed by atoms with Crippen LogP contribution < -0.4 is 0 Å². The van der Waals surface area contributed by atoms with E-state index in [0.29, 0.717) is 0 Å². The molecule has 0 unspecified atom stereocenters. The fourth-order valence-corrected chi connectivity index (χ4v) is 6.14. The molecule has 158 valence electrons. The van der Waals surface area contributed by atoms with Gasteiger partial charge in [0.05, 0.1) is 6.61 Å². The average molecular weight is 435 g/mol. The van der Waals surface area contributed by atoms with Gasteiger partial charge in [-0.25, -0.2) is 0 Å². The number of aliphatic hydroxyl groups is 1. The maximum atomic E-state index is 10.7. The van der Waals surface area contributed by atoms with Crippen LogP contribution in [0.5, 0.6) is 0 Å². The van der Waals surface area contributed by atoms with Crippen LogP contribution in [0.25, 0.3) is 0 Å². The first-order valence-corrected chi connectivity index (χ1v) is 19.7. The van der Waals surface area contributed by atoms with Crippen molar-refractivity contribution in [2.45, 2.75) is 89.6 Å². The first-order valence-electron chi connectivity index (χ1n) is 9.51. The molecule has 0 aliphatic carbocycles. The lowest BCUT2D eigenvalue weighted by Crippen LogP contribution is -2.65. The third-order valence-corrected chi connectivity index (χ3v) is 6.48. The van der Waals surface area contributed by atoms with Gasteiger partial charge in [0.25, 0.3) is 0 Å². The highest BCUT2D eigenvalue weighted by molar-refractivity contribution is 6.70. The van der Waals surface area contributed by atoms with Crippen LogP contribution in [-0.2, 0) is 22.8 Å². The van der Waals surface area contributed by atoms with Gasteiger partial charge in [0.2, 0.25) is 0 Å². The summed E-state index contributed by atoms with van der Waals surface area (Å²) < 4.78 is 30.7. The molecule has 1 aliphatic heterocycles. The SMILES string of the molecule is C#CCOC[C@H]1O[C@H](O)[C@@H](O[Si](C)(C)C)[C@@H](O[Si](C)(C)C)[C@@H]1O[Si](C)(C)C. The van der Waals surface area contributed by atoms with E-state index in [0.717, 1.165) is 0 Å². The van der Waals surface area contributed by atoms with Crippen molar-refractivity contribution in [2.75, 3.05) is 13.2 Å². The van der Waals surface area contributed by atoms with Crippen LogP contribution in [-0.4, -0.2) is 74.0 Å². The molecule has 0 aromatic heterocycles. The van der Waals surface area contributed by atoms with E-state index >= 15 is 0 Å². The van der Waals surface area contributed by atoms with Crippen LogP contribution in [0.15, 0.2) is 0 Å². The Labute approximate surface area is 168 Å². The van der Waals surface area contributed by atoms with Crippen molar-refractivity contribution in [2.24, 2.45) is 0 Å². The number of rotatable bonds is 9. The molecule has 0 amide bonds. The second kappa shape index (κ2) is 9.65. The van der Waals surface area contributed by atoms with Crippen LogP contribution in [0.1, 0.15) is 0 Å². The lowest BCUT2D eigenvalue weighted by atomic mass is 9.99. The first kappa shape index (κ1) is 25.0. The predicted molar refractivity (Wildman–Crippen MR) is 115 cm³/mol. The lowest BCUT2D eigenvalue weighted by molar-refractivity contribution is -0.277. The minimum atomic E-state index is -1.95. The quantitative estimate of drug-likeness (QED) is 0.342. The van der Waals surface area contributed by atoms with Gasteiger partial charge in [-0.2, -0.15) is 0 Å². The number of hydrogen-bond donors (Lipinski definition) is 1. The number of ether oxygens (including phenoxy) is 2. The summed E-state index contributed by atoms with van der Waals surface area (Å²) in [5, 5.41) is 10.7. The molecule has 1 N–H and O–H groups in total. The Bertz CT molecular complexity index is 503. The molecular weight excluding hydrogens is 396 g/mol. The summed E-state index contributed by atoms with van der Waals surface area (Å²) in [7, 11) is -5.82. The van der Waals surface area contributed by atoms with Gasteiger partial charge < -0.3 is 27.9 Å². The smallest absolute Gasteiger partial charge is 0.184 e. The van der Waals surface area contributed by atoms with Crippen molar-refractivity contribution < 1.29 is 27.9 Å². The van der Waals surface area contributed by atoms with E-state index < -0.39 is 49.6 Å². The number of terminal acetylenes is 1. The molecule has 1 aliphatic rings. The second-order valence-corrected chi connectivity index (χ2v) is 23.3. The molecule has 5 atom stereocenters. The van der Waals surface area contributed by atoms with Gasteiger partial charge in [-0.05, 0) is 58.9 Å². The molecule has 1 saturated heterocycles. The Morgan fingerprint density at radius 2 is 1.26 bits per heavy atom. The van der Waals surface area contributed by atoms with Crippen LogP contribution in [0, 0.1) is 12.3 Å². The van der Waals surface area contributed by atoms with E-state index in [4.69, 9.17) is 29.2 Å². The van der Waals surface area contributed by atoms with E-state index in [1.807, 2.05) is 0 Å². The maximum absolute atomic E-state index is 10.7. The fourth-order valence-electron chi connectivity index (χ4n) is 2.89. The Morgan fingerprint density at radius 1 is 0.815 bits per heavy atom. The molecule has 1 heterocycles. The zero-order valence-electron chi connectivity index (χ0n) is 18.4. The van der Waals surface area contributed by atoms with Crippen molar-refractivity contribution in [3.05, 3.63) is 0 Å². The van der Waals surface area contributed by atoms with Crippen molar-refractivity contribution in [1.29, 1.82) is 0 Å². The van der Waals surface area contributed by atoms with Crippen LogP contribution >= 0.6 is 0 Å². The highest BCUT2D eigenvalue weighted by Gasteiger charge is 2.51. The Morgan fingerprint density at radius 3 is 1.70 bits per heavy atom. The zero-order valence-corrected chi connectivity index (χ0v) is 21.4. The van der Waals surface area contributed by atoms with Crippen LogP contribution in [0.4, 0.5) is 0 Å². The summed E-state index contributed by atoms with van der Waals surface area (Å²) in [6, 6.07) is 0. The molecule has 0 spiro atoms. The highest BCUT2D eigenvalue weighted by atomic mass is 28.4. The van der Waals surface area contributed by atoms with E-state index in [-0.39, 0.29) is 19.3 Å². The molecular formula is C18H38O6Si3. The Hall–Kier alpha value is -0.0294. The summed E-state index contributed by atoms with van der Waals surface area (Å²) in [5.41, 5.74) is 0. The standard InChI is InChI=1S/C18H38O6Si3/c1-11-12-20-13-14-15(22-25(2,3)4)16(23-26(5,6)7)17(18(19)21-14)24-27(8,9)10/h1,14-19H,12-13H2,2-10H3/t14-,15-,16+,17+,18+/m1/s1. The molecule has 27 heavy (non-hydrogen) atoms. The van der Waals surface area contributed by atoms with Gasteiger partial charge in [-0.1, -0.05) is 5.92 Å². The fraction of sp³-hybridized carbons (Fsp3) is 0.889. The molecule has 1 rings (SSSR count). The summed E-state index contributed by atoms with van der Waals surface area (Å²) in [6.45, 7) is 19.4. The predicted octanol–water partition coefficient (Wildman–Crippen LogP) is 3.01.